The average Bonchev–Trinajstić information content (AvgIpc) is 3.02. The fourth-order valence-corrected chi connectivity index (χ4v) is 3.19. The van der Waals surface area contributed by atoms with Crippen LogP contribution in [0.25, 0.3) is 0 Å². The summed E-state index contributed by atoms with van der Waals surface area (Å²) in [5, 5.41) is 5.27. The summed E-state index contributed by atoms with van der Waals surface area (Å²) in [6.07, 6.45) is 1.67. The van der Waals surface area contributed by atoms with Gasteiger partial charge in [-0.2, -0.15) is 0 Å². The molecular weight excluding hydrogens is 315 g/mol. The van der Waals surface area contributed by atoms with Gasteiger partial charge in [-0.15, -0.1) is 11.3 Å². The van der Waals surface area contributed by atoms with E-state index in [0.29, 0.717) is 11.7 Å². The second-order valence-corrected chi connectivity index (χ2v) is 6.46. The average molecular weight is 334 g/mol. The van der Waals surface area contributed by atoms with Gasteiger partial charge in [0.05, 0.1) is 6.54 Å². The highest BCUT2D eigenvalue weighted by Crippen LogP contribution is 2.12. The zero-order valence-corrected chi connectivity index (χ0v) is 13.6. The molecule has 3 rings (SSSR count). The van der Waals surface area contributed by atoms with Gasteiger partial charge in [-0.05, 0) is 17.7 Å². The predicted molar refractivity (Wildman–Crippen MR) is 88.9 cm³/mol. The number of amides is 1. The number of nitrogens with zero attached hydrogens (tertiary/aromatic N) is 3. The van der Waals surface area contributed by atoms with Crippen LogP contribution in [0.4, 0.5) is 9.52 Å². The van der Waals surface area contributed by atoms with Crippen LogP contribution < -0.4 is 5.32 Å². The Hall–Kier alpha value is -1.83. The Labute approximate surface area is 138 Å². The second kappa shape index (κ2) is 7.63. The highest BCUT2D eigenvalue weighted by molar-refractivity contribution is 7.13. The number of rotatable bonds is 5. The van der Waals surface area contributed by atoms with Crippen molar-refractivity contribution in [2.45, 2.75) is 6.54 Å². The van der Waals surface area contributed by atoms with Crippen molar-refractivity contribution in [1.82, 2.24) is 14.8 Å². The van der Waals surface area contributed by atoms with Crippen LogP contribution in [-0.4, -0.2) is 53.4 Å². The van der Waals surface area contributed by atoms with Crippen molar-refractivity contribution >= 4 is 22.4 Å². The van der Waals surface area contributed by atoms with E-state index < -0.39 is 0 Å². The number of halogens is 1. The van der Waals surface area contributed by atoms with Gasteiger partial charge in [-0.3, -0.25) is 14.6 Å². The smallest absolute Gasteiger partial charge is 0.240 e. The van der Waals surface area contributed by atoms with Crippen molar-refractivity contribution < 1.29 is 9.18 Å². The lowest BCUT2D eigenvalue weighted by Crippen LogP contribution is -2.48. The van der Waals surface area contributed by atoms with Crippen molar-refractivity contribution in [3.63, 3.8) is 0 Å². The van der Waals surface area contributed by atoms with Crippen LogP contribution >= 0.6 is 11.3 Å². The molecule has 122 valence electrons. The van der Waals surface area contributed by atoms with Gasteiger partial charge in [0.1, 0.15) is 5.82 Å². The predicted octanol–water partition coefficient (Wildman–Crippen LogP) is 2.04. The van der Waals surface area contributed by atoms with Crippen LogP contribution in [0, 0.1) is 5.82 Å². The molecule has 0 aliphatic carbocycles. The van der Waals surface area contributed by atoms with Gasteiger partial charge in [-0.1, -0.05) is 12.1 Å². The molecule has 0 atom stereocenters. The van der Waals surface area contributed by atoms with E-state index in [2.05, 4.69) is 20.1 Å². The van der Waals surface area contributed by atoms with E-state index in [9.17, 15) is 9.18 Å². The molecule has 0 unspecified atom stereocenters. The van der Waals surface area contributed by atoms with Crippen molar-refractivity contribution in [3.05, 3.63) is 47.2 Å². The molecule has 0 radical (unpaired) electrons. The topological polar surface area (TPSA) is 48.5 Å². The Morgan fingerprint density at radius 3 is 2.74 bits per heavy atom. The van der Waals surface area contributed by atoms with Gasteiger partial charge < -0.3 is 5.32 Å². The number of nitrogens with one attached hydrogen (secondary N) is 1. The summed E-state index contributed by atoms with van der Waals surface area (Å²) in [6, 6.07) is 6.72. The van der Waals surface area contributed by atoms with E-state index in [0.717, 1.165) is 38.3 Å². The lowest BCUT2D eigenvalue weighted by molar-refractivity contribution is -0.117. The molecule has 0 bridgehead atoms. The minimum Gasteiger partial charge on any atom is -0.301 e. The minimum atomic E-state index is -0.194. The van der Waals surface area contributed by atoms with E-state index in [4.69, 9.17) is 0 Å². The normalized spacial score (nSPS) is 16.4. The number of hydrogen-bond acceptors (Lipinski definition) is 5. The Kier molecular flexibility index (Phi) is 5.32. The first kappa shape index (κ1) is 16.0. The van der Waals surface area contributed by atoms with E-state index in [1.54, 1.807) is 18.3 Å². The molecule has 7 heteroatoms. The maximum atomic E-state index is 13.2. The van der Waals surface area contributed by atoms with Gasteiger partial charge in [-0.25, -0.2) is 9.37 Å². The molecule has 1 amide bonds. The summed E-state index contributed by atoms with van der Waals surface area (Å²) >= 11 is 1.42. The quantitative estimate of drug-likeness (QED) is 0.909. The van der Waals surface area contributed by atoms with Gasteiger partial charge in [0.25, 0.3) is 0 Å². The molecule has 1 aromatic carbocycles. The SMILES string of the molecule is O=C(CN1CCN(Cc2cccc(F)c2)CC1)Nc1nccs1. The monoisotopic (exact) mass is 334 g/mol. The van der Waals surface area contributed by atoms with Gasteiger partial charge in [0.15, 0.2) is 5.13 Å². The number of anilines is 1. The number of thiazole rings is 1. The highest BCUT2D eigenvalue weighted by Gasteiger charge is 2.19. The first-order valence-corrected chi connectivity index (χ1v) is 8.45. The summed E-state index contributed by atoms with van der Waals surface area (Å²) in [4.78, 5) is 20.4. The van der Waals surface area contributed by atoms with Gasteiger partial charge in [0.2, 0.25) is 5.91 Å². The lowest BCUT2D eigenvalue weighted by atomic mass is 10.2. The van der Waals surface area contributed by atoms with E-state index in [-0.39, 0.29) is 11.7 Å². The number of benzene rings is 1. The Morgan fingerprint density at radius 1 is 1.26 bits per heavy atom. The number of carbonyl (C=O) groups is 1. The third-order valence-electron chi connectivity index (χ3n) is 3.81. The second-order valence-electron chi connectivity index (χ2n) is 5.57. The number of piperazine rings is 1. The largest absolute Gasteiger partial charge is 0.301 e. The minimum absolute atomic E-state index is 0.0291. The first-order chi connectivity index (χ1) is 11.2. The zero-order chi connectivity index (χ0) is 16.1. The van der Waals surface area contributed by atoms with E-state index in [1.807, 2.05) is 11.4 Å². The highest BCUT2D eigenvalue weighted by atomic mass is 32.1. The molecule has 2 aromatic rings. The van der Waals surface area contributed by atoms with Crippen LogP contribution in [0.3, 0.4) is 0 Å². The molecular formula is C16H19FN4OS. The van der Waals surface area contributed by atoms with Crippen LogP contribution in [0.15, 0.2) is 35.8 Å². The summed E-state index contributed by atoms with van der Waals surface area (Å²) in [5.74, 6) is -0.224. The van der Waals surface area contributed by atoms with Crippen LogP contribution in [0.2, 0.25) is 0 Å². The van der Waals surface area contributed by atoms with Crippen molar-refractivity contribution in [2.24, 2.45) is 0 Å². The molecule has 2 heterocycles. The van der Waals surface area contributed by atoms with Crippen LogP contribution in [0.5, 0.6) is 0 Å². The lowest BCUT2D eigenvalue weighted by Gasteiger charge is -2.34. The number of hydrogen-bond donors (Lipinski definition) is 1. The molecule has 1 aliphatic heterocycles. The van der Waals surface area contributed by atoms with Crippen molar-refractivity contribution in [2.75, 3.05) is 38.0 Å². The standard InChI is InChI=1S/C16H19FN4OS/c17-14-3-1-2-13(10-14)11-20-5-7-21(8-6-20)12-15(22)19-16-18-4-9-23-16/h1-4,9-10H,5-8,11-12H2,(H,18,19,22). The molecule has 0 saturated carbocycles. The van der Waals surface area contributed by atoms with Crippen molar-refractivity contribution in [1.29, 1.82) is 0 Å². The molecule has 1 saturated heterocycles. The molecule has 1 fully saturated rings. The maximum absolute atomic E-state index is 13.2. The molecule has 1 aliphatic rings. The zero-order valence-electron chi connectivity index (χ0n) is 12.7. The fraction of sp³-hybridized carbons (Fsp3) is 0.375. The van der Waals surface area contributed by atoms with E-state index in [1.165, 1.54) is 17.4 Å². The van der Waals surface area contributed by atoms with Gasteiger partial charge in [0, 0.05) is 44.3 Å². The Morgan fingerprint density at radius 2 is 2.04 bits per heavy atom. The molecule has 23 heavy (non-hydrogen) atoms. The summed E-state index contributed by atoms with van der Waals surface area (Å²) < 4.78 is 13.2. The van der Waals surface area contributed by atoms with Gasteiger partial charge >= 0.3 is 0 Å². The van der Waals surface area contributed by atoms with Crippen molar-refractivity contribution in [3.8, 4) is 0 Å². The third kappa shape index (κ3) is 4.82. The maximum Gasteiger partial charge on any atom is 0.240 e. The fourth-order valence-electron chi connectivity index (χ4n) is 2.65. The molecule has 1 aromatic heterocycles. The Balaban J connectivity index is 1.42. The number of aromatic nitrogens is 1. The molecule has 0 spiro atoms. The summed E-state index contributed by atoms with van der Waals surface area (Å²) in [5.41, 5.74) is 0.986. The third-order valence-corrected chi connectivity index (χ3v) is 4.49. The summed E-state index contributed by atoms with van der Waals surface area (Å²) in [7, 11) is 0. The van der Waals surface area contributed by atoms with E-state index >= 15 is 0 Å². The first-order valence-electron chi connectivity index (χ1n) is 7.57. The molecule has 5 nitrogen and oxygen atoms in total. The van der Waals surface area contributed by atoms with Crippen LogP contribution in [-0.2, 0) is 11.3 Å². The Bertz CT molecular complexity index is 641. The number of carbonyl (C=O) groups excluding carboxylic acids is 1. The molecule has 1 N–H and O–H groups in total. The van der Waals surface area contributed by atoms with Crippen LogP contribution in [0.1, 0.15) is 5.56 Å². The summed E-state index contributed by atoms with van der Waals surface area (Å²) in [6.45, 7) is 4.55.